The fraction of sp³-hybridized carbons (Fsp3) is 0.500. The predicted octanol–water partition coefficient (Wildman–Crippen LogP) is 1.85. The molecule has 0 spiro atoms. The summed E-state index contributed by atoms with van der Waals surface area (Å²) < 4.78 is 5.46. The lowest BCUT2D eigenvalue weighted by Gasteiger charge is -2.45. The van der Waals surface area contributed by atoms with Gasteiger partial charge in [0.2, 0.25) is 0 Å². The molecule has 2 aliphatic carbocycles. The van der Waals surface area contributed by atoms with E-state index < -0.39 is 16.8 Å². The number of hydrogen-bond donors (Lipinski definition) is 2. The number of nitrogens with zero attached hydrogens (tertiary/aromatic N) is 2. The van der Waals surface area contributed by atoms with Crippen LogP contribution in [0.15, 0.2) is 47.5 Å². The largest absolute Gasteiger partial charge is 0.480 e. The zero-order chi connectivity index (χ0) is 20.7. The molecule has 1 saturated heterocycles. The van der Waals surface area contributed by atoms with E-state index in [2.05, 4.69) is 22.5 Å². The number of thioether (sulfide) groups is 1. The Hall–Kier alpha value is -2.16. The molecule has 7 nitrogen and oxygen atoms in total. The highest BCUT2D eigenvalue weighted by Crippen LogP contribution is 2.44. The Balaban J connectivity index is 1.46. The molecule has 0 radical (unpaired) electrons. The average Bonchev–Trinajstić information content (AvgIpc) is 3.47. The van der Waals surface area contributed by atoms with Crippen LogP contribution in [0.3, 0.4) is 0 Å². The SMILES string of the molecule is O=C1N=C(NC2CC3C=CC2C3)SC1C(C(=O)O)(c1ccccc1)N1CCOCC1. The number of nitrogens with one attached hydrogen (secondary N) is 1. The summed E-state index contributed by atoms with van der Waals surface area (Å²) in [7, 11) is 0. The van der Waals surface area contributed by atoms with E-state index in [-0.39, 0.29) is 11.9 Å². The molecule has 4 aliphatic rings. The number of hydrogen-bond acceptors (Lipinski definition) is 6. The molecule has 8 heteroatoms. The number of amides is 1. The number of rotatable bonds is 5. The molecule has 2 heterocycles. The van der Waals surface area contributed by atoms with E-state index in [1.807, 2.05) is 23.1 Å². The molecule has 1 saturated carbocycles. The maximum absolute atomic E-state index is 13.1. The standard InChI is InChI=1S/C22H25N3O4S/c26-19-18(30-21(24-19)23-17-13-14-6-7-15(17)12-14)22(20(27)28,16-4-2-1-3-5-16)25-8-10-29-11-9-25/h1-7,14-15,17-18H,8-13H2,(H,27,28)(H,23,24,26). The quantitative estimate of drug-likeness (QED) is 0.693. The number of allylic oxidation sites excluding steroid dienone is 1. The minimum Gasteiger partial charge on any atom is -0.480 e. The normalized spacial score (nSPS) is 32.8. The van der Waals surface area contributed by atoms with E-state index in [0.717, 1.165) is 12.8 Å². The highest BCUT2D eigenvalue weighted by atomic mass is 32.2. The Labute approximate surface area is 179 Å². The van der Waals surface area contributed by atoms with E-state index in [0.29, 0.717) is 48.9 Å². The van der Waals surface area contributed by atoms with Crippen molar-refractivity contribution in [3.63, 3.8) is 0 Å². The molecule has 2 aliphatic heterocycles. The zero-order valence-corrected chi connectivity index (χ0v) is 17.4. The number of amidine groups is 1. The first-order chi connectivity index (χ1) is 14.6. The van der Waals surface area contributed by atoms with Crippen molar-refractivity contribution in [2.45, 2.75) is 29.7 Å². The van der Waals surface area contributed by atoms with Gasteiger partial charge >= 0.3 is 5.97 Å². The van der Waals surface area contributed by atoms with Crippen molar-refractivity contribution < 1.29 is 19.4 Å². The van der Waals surface area contributed by atoms with Gasteiger partial charge in [0.05, 0.1) is 13.2 Å². The van der Waals surface area contributed by atoms with Gasteiger partial charge < -0.3 is 15.2 Å². The summed E-state index contributed by atoms with van der Waals surface area (Å²) in [5, 5.41) is 13.7. The highest BCUT2D eigenvalue weighted by molar-refractivity contribution is 8.15. The van der Waals surface area contributed by atoms with Gasteiger partial charge in [-0.25, -0.2) is 4.79 Å². The number of carboxylic acid groups (broad SMARTS) is 1. The van der Waals surface area contributed by atoms with Crippen molar-refractivity contribution in [2.75, 3.05) is 26.3 Å². The van der Waals surface area contributed by atoms with E-state index in [1.54, 1.807) is 12.1 Å². The molecule has 2 N–H and O–H groups in total. The molecule has 5 atom stereocenters. The van der Waals surface area contributed by atoms with Crippen molar-refractivity contribution in [2.24, 2.45) is 16.8 Å². The number of benzene rings is 1. The summed E-state index contributed by atoms with van der Waals surface area (Å²) in [6.45, 7) is 1.78. The Morgan fingerprint density at radius 3 is 2.60 bits per heavy atom. The average molecular weight is 428 g/mol. The molecule has 0 aromatic heterocycles. The molecule has 1 amide bonds. The number of morpholine rings is 1. The first kappa shape index (κ1) is 19.8. The second-order valence-electron chi connectivity index (χ2n) is 8.32. The lowest BCUT2D eigenvalue weighted by atomic mass is 9.83. The third-order valence-corrected chi connectivity index (χ3v) is 7.89. The molecular weight excluding hydrogens is 402 g/mol. The third kappa shape index (κ3) is 3.18. The van der Waals surface area contributed by atoms with Crippen molar-refractivity contribution >= 4 is 28.8 Å². The summed E-state index contributed by atoms with van der Waals surface area (Å²) in [6, 6.07) is 9.34. The molecular formula is C22H25N3O4S. The van der Waals surface area contributed by atoms with Crippen molar-refractivity contribution in [1.82, 2.24) is 10.2 Å². The van der Waals surface area contributed by atoms with Crippen LogP contribution in [0.5, 0.6) is 0 Å². The van der Waals surface area contributed by atoms with Crippen LogP contribution in [0.25, 0.3) is 0 Å². The zero-order valence-electron chi connectivity index (χ0n) is 16.6. The number of carboxylic acids is 1. The molecule has 5 unspecified atom stereocenters. The fourth-order valence-corrected chi connectivity index (χ4v) is 6.56. The number of ether oxygens (including phenoxy) is 1. The molecule has 2 fully saturated rings. The van der Waals surface area contributed by atoms with Crippen molar-refractivity contribution in [3.8, 4) is 0 Å². The molecule has 1 aromatic rings. The van der Waals surface area contributed by atoms with Crippen LogP contribution in [0.1, 0.15) is 18.4 Å². The van der Waals surface area contributed by atoms with Crippen LogP contribution in [-0.2, 0) is 19.9 Å². The first-order valence-electron chi connectivity index (χ1n) is 10.4. The summed E-state index contributed by atoms with van der Waals surface area (Å²) >= 11 is 1.26. The van der Waals surface area contributed by atoms with Gasteiger partial charge in [0.15, 0.2) is 10.7 Å². The second kappa shape index (κ2) is 7.83. The van der Waals surface area contributed by atoms with Gasteiger partial charge in [0, 0.05) is 19.1 Å². The molecule has 30 heavy (non-hydrogen) atoms. The first-order valence-corrected chi connectivity index (χ1v) is 11.3. The Kier molecular flexibility index (Phi) is 5.16. The minimum absolute atomic E-state index is 0.261. The topological polar surface area (TPSA) is 91.2 Å². The van der Waals surface area contributed by atoms with Crippen LogP contribution >= 0.6 is 11.8 Å². The van der Waals surface area contributed by atoms with Crippen LogP contribution < -0.4 is 5.32 Å². The third-order valence-electron chi connectivity index (χ3n) is 6.68. The van der Waals surface area contributed by atoms with Gasteiger partial charge in [-0.05, 0) is 30.2 Å². The number of aliphatic imine (C=N–C) groups is 1. The van der Waals surface area contributed by atoms with Gasteiger partial charge in [0.25, 0.3) is 5.91 Å². The van der Waals surface area contributed by atoms with Gasteiger partial charge in [0.1, 0.15) is 5.25 Å². The number of aliphatic carboxylic acids is 1. The molecule has 5 rings (SSSR count). The predicted molar refractivity (Wildman–Crippen MR) is 114 cm³/mol. The van der Waals surface area contributed by atoms with E-state index in [1.165, 1.54) is 11.8 Å². The summed E-state index contributed by atoms with van der Waals surface area (Å²) in [5.74, 6) is -0.355. The lowest BCUT2D eigenvalue weighted by Crippen LogP contribution is -2.62. The smallest absolute Gasteiger partial charge is 0.330 e. The maximum Gasteiger partial charge on any atom is 0.330 e. The molecule has 2 bridgehead atoms. The van der Waals surface area contributed by atoms with Crippen molar-refractivity contribution in [3.05, 3.63) is 48.0 Å². The van der Waals surface area contributed by atoms with E-state index in [4.69, 9.17) is 4.74 Å². The van der Waals surface area contributed by atoms with E-state index >= 15 is 0 Å². The Morgan fingerprint density at radius 1 is 1.20 bits per heavy atom. The van der Waals surface area contributed by atoms with Crippen LogP contribution in [-0.4, -0.2) is 64.6 Å². The Morgan fingerprint density at radius 2 is 1.97 bits per heavy atom. The molecule has 1 aromatic carbocycles. The monoisotopic (exact) mass is 427 g/mol. The van der Waals surface area contributed by atoms with Gasteiger partial charge in [-0.2, -0.15) is 4.99 Å². The van der Waals surface area contributed by atoms with Gasteiger partial charge in [-0.1, -0.05) is 54.2 Å². The van der Waals surface area contributed by atoms with Gasteiger partial charge in [-0.15, -0.1) is 0 Å². The van der Waals surface area contributed by atoms with Crippen LogP contribution in [0, 0.1) is 11.8 Å². The van der Waals surface area contributed by atoms with Crippen LogP contribution in [0.2, 0.25) is 0 Å². The lowest BCUT2D eigenvalue weighted by molar-refractivity contribution is -0.158. The van der Waals surface area contributed by atoms with E-state index in [9.17, 15) is 14.7 Å². The fourth-order valence-electron chi connectivity index (χ4n) is 5.26. The summed E-state index contributed by atoms with van der Waals surface area (Å²) in [6.07, 6.45) is 6.68. The number of carbonyl (C=O) groups excluding carboxylic acids is 1. The van der Waals surface area contributed by atoms with Crippen LogP contribution in [0.4, 0.5) is 0 Å². The number of carbonyl (C=O) groups is 2. The Bertz CT molecular complexity index is 899. The highest BCUT2D eigenvalue weighted by Gasteiger charge is 2.58. The maximum atomic E-state index is 13.1. The number of fused-ring (bicyclic) bond motifs is 2. The minimum atomic E-state index is -1.49. The summed E-state index contributed by atoms with van der Waals surface area (Å²) in [4.78, 5) is 32.1. The van der Waals surface area contributed by atoms with Crippen molar-refractivity contribution in [1.29, 1.82) is 0 Å². The van der Waals surface area contributed by atoms with Gasteiger partial charge in [-0.3, -0.25) is 9.69 Å². The summed E-state index contributed by atoms with van der Waals surface area (Å²) in [5.41, 5.74) is -0.890. The molecule has 158 valence electrons. The second-order valence-corrected chi connectivity index (χ2v) is 9.41.